The monoisotopic (exact) mass is 469 g/mol. The summed E-state index contributed by atoms with van der Waals surface area (Å²) in [5.41, 5.74) is 9.54. The molecule has 4 N–H and O–H groups in total. The van der Waals surface area contributed by atoms with Crippen molar-refractivity contribution < 1.29 is 14.3 Å². The topological polar surface area (TPSA) is 113 Å². The molecule has 1 aliphatic heterocycles. The van der Waals surface area contributed by atoms with Gasteiger partial charge in [0.15, 0.2) is 5.78 Å². The molecule has 2 aromatic heterocycles. The van der Waals surface area contributed by atoms with Crippen LogP contribution in [0.15, 0.2) is 73.2 Å². The van der Waals surface area contributed by atoms with E-state index in [2.05, 4.69) is 20.2 Å². The number of nitrogens with one attached hydrogen (secondary N) is 2. The summed E-state index contributed by atoms with van der Waals surface area (Å²) in [4.78, 5) is 35.4. The number of benzene rings is 2. The highest BCUT2D eigenvalue weighted by Crippen LogP contribution is 2.28. The second-order valence-corrected chi connectivity index (χ2v) is 8.74. The Morgan fingerprint density at radius 3 is 2.69 bits per heavy atom. The molecule has 0 atom stereocenters. The lowest BCUT2D eigenvalue weighted by Crippen LogP contribution is -2.35. The third kappa shape index (κ3) is 4.96. The zero-order chi connectivity index (χ0) is 24.2. The maximum absolute atomic E-state index is 13.2. The molecule has 35 heavy (non-hydrogen) atoms. The van der Waals surface area contributed by atoms with Crippen molar-refractivity contribution in [3.63, 3.8) is 0 Å². The largest absolute Gasteiger partial charge is 0.449 e. The van der Waals surface area contributed by atoms with Gasteiger partial charge < -0.3 is 20.4 Å². The van der Waals surface area contributed by atoms with E-state index in [-0.39, 0.29) is 17.4 Å². The standard InChI is InChI=1S/C27H27N5O3/c28-23-3-1-2-22(26(33)20-5-4-19-6-13-30-24(19)16-20)25(23)31-27(34)35-17-18-9-14-32(15-10-18)21-7-11-29-12-8-21/h1-8,11-13,16,18,30H,9-10,14-15,17,28H2,(H,31,34). The van der Waals surface area contributed by atoms with Crippen LogP contribution in [0, 0.1) is 5.92 Å². The molecule has 1 aliphatic rings. The fourth-order valence-corrected chi connectivity index (χ4v) is 4.49. The third-order valence-corrected chi connectivity index (χ3v) is 6.48. The van der Waals surface area contributed by atoms with Gasteiger partial charge in [0, 0.05) is 54.0 Å². The van der Waals surface area contributed by atoms with E-state index in [1.807, 2.05) is 30.5 Å². The van der Waals surface area contributed by atoms with Crippen LogP contribution in [-0.2, 0) is 4.74 Å². The Hall–Kier alpha value is -4.33. The number of pyridine rings is 1. The molecule has 0 bridgehead atoms. The van der Waals surface area contributed by atoms with E-state index in [0.717, 1.165) is 42.5 Å². The number of fused-ring (bicyclic) bond motifs is 1. The zero-order valence-electron chi connectivity index (χ0n) is 19.2. The van der Waals surface area contributed by atoms with Crippen molar-refractivity contribution in [3.05, 3.63) is 84.3 Å². The predicted molar refractivity (Wildman–Crippen MR) is 137 cm³/mol. The van der Waals surface area contributed by atoms with Gasteiger partial charge in [-0.25, -0.2) is 4.79 Å². The summed E-state index contributed by atoms with van der Waals surface area (Å²) < 4.78 is 5.52. The number of ether oxygens (including phenoxy) is 1. The number of anilines is 3. The van der Waals surface area contributed by atoms with Gasteiger partial charge in [-0.2, -0.15) is 0 Å². The average Bonchev–Trinajstić information content (AvgIpc) is 3.37. The molecular formula is C27H27N5O3. The highest BCUT2D eigenvalue weighted by atomic mass is 16.5. The van der Waals surface area contributed by atoms with Crippen LogP contribution < -0.4 is 16.0 Å². The number of aromatic amines is 1. The number of rotatable bonds is 6. The van der Waals surface area contributed by atoms with Crippen molar-refractivity contribution in [2.75, 3.05) is 35.6 Å². The summed E-state index contributed by atoms with van der Waals surface area (Å²) in [5.74, 6) is 0.0492. The lowest BCUT2D eigenvalue weighted by Gasteiger charge is -2.33. The Bertz CT molecular complexity index is 1340. The van der Waals surface area contributed by atoms with Gasteiger partial charge in [0.2, 0.25) is 0 Å². The van der Waals surface area contributed by atoms with Crippen molar-refractivity contribution >= 4 is 39.8 Å². The van der Waals surface area contributed by atoms with E-state index in [1.165, 1.54) is 0 Å². The van der Waals surface area contributed by atoms with Crippen LogP contribution >= 0.6 is 0 Å². The Labute approximate surface area is 203 Å². The first-order valence-electron chi connectivity index (χ1n) is 11.7. The number of H-pyrrole nitrogens is 1. The molecule has 0 spiro atoms. The minimum Gasteiger partial charge on any atom is -0.449 e. The molecule has 2 aromatic carbocycles. The highest BCUT2D eigenvalue weighted by Gasteiger charge is 2.22. The first kappa shape index (κ1) is 22.5. The molecular weight excluding hydrogens is 442 g/mol. The van der Waals surface area contributed by atoms with Crippen molar-refractivity contribution in [2.45, 2.75) is 12.8 Å². The quantitative estimate of drug-likeness (QED) is 0.275. The van der Waals surface area contributed by atoms with Crippen molar-refractivity contribution in [1.82, 2.24) is 9.97 Å². The van der Waals surface area contributed by atoms with Gasteiger partial charge >= 0.3 is 6.09 Å². The molecule has 5 rings (SSSR count). The van der Waals surface area contributed by atoms with Crippen LogP contribution in [0.1, 0.15) is 28.8 Å². The number of nitrogens with two attached hydrogens (primary N) is 1. The molecule has 1 amide bonds. The van der Waals surface area contributed by atoms with Crippen molar-refractivity contribution in [2.24, 2.45) is 5.92 Å². The summed E-state index contributed by atoms with van der Waals surface area (Å²) in [7, 11) is 0. The molecule has 4 aromatic rings. The van der Waals surface area contributed by atoms with Gasteiger partial charge in [0.1, 0.15) is 0 Å². The Morgan fingerprint density at radius 2 is 1.89 bits per heavy atom. The Kier molecular flexibility index (Phi) is 6.34. The van der Waals surface area contributed by atoms with Gasteiger partial charge in [-0.3, -0.25) is 15.1 Å². The second-order valence-electron chi connectivity index (χ2n) is 8.74. The minimum absolute atomic E-state index is 0.229. The fraction of sp³-hybridized carbons (Fsp3) is 0.222. The number of amides is 1. The van der Waals surface area contributed by atoms with Crippen molar-refractivity contribution in [1.29, 1.82) is 0 Å². The van der Waals surface area contributed by atoms with Gasteiger partial charge in [-0.1, -0.05) is 18.2 Å². The fourth-order valence-electron chi connectivity index (χ4n) is 4.49. The first-order valence-corrected chi connectivity index (χ1v) is 11.7. The van der Waals surface area contributed by atoms with Gasteiger partial charge in [0.05, 0.1) is 18.0 Å². The van der Waals surface area contributed by atoms with Gasteiger partial charge in [-0.15, -0.1) is 0 Å². The highest BCUT2D eigenvalue weighted by molar-refractivity contribution is 6.16. The van der Waals surface area contributed by atoms with Crippen LogP contribution in [0.5, 0.6) is 0 Å². The number of carbonyl (C=O) groups is 2. The van der Waals surface area contributed by atoms with Crippen LogP contribution in [0.4, 0.5) is 21.9 Å². The van der Waals surface area contributed by atoms with Crippen molar-refractivity contribution in [3.8, 4) is 0 Å². The van der Waals surface area contributed by atoms with Crippen LogP contribution in [0.25, 0.3) is 10.9 Å². The lowest BCUT2D eigenvalue weighted by molar-refractivity contribution is 0.103. The number of carbonyl (C=O) groups excluding carboxylic acids is 2. The Balaban J connectivity index is 1.21. The second kappa shape index (κ2) is 9.89. The maximum atomic E-state index is 13.2. The molecule has 0 aliphatic carbocycles. The number of hydrogen-bond acceptors (Lipinski definition) is 6. The minimum atomic E-state index is -0.617. The van der Waals surface area contributed by atoms with Gasteiger partial charge in [0.25, 0.3) is 0 Å². The van der Waals surface area contributed by atoms with E-state index in [1.54, 1.807) is 42.7 Å². The lowest BCUT2D eigenvalue weighted by atomic mass is 9.97. The first-order chi connectivity index (χ1) is 17.1. The SMILES string of the molecule is Nc1cccc(C(=O)c2ccc3cc[nH]c3c2)c1NC(=O)OCC1CCN(c2ccncc2)CC1. The van der Waals surface area contributed by atoms with Crippen LogP contribution in [0.2, 0.25) is 0 Å². The molecule has 1 fully saturated rings. The summed E-state index contributed by atoms with van der Waals surface area (Å²) in [6, 6.07) is 16.4. The number of ketones is 1. The molecule has 8 nitrogen and oxygen atoms in total. The maximum Gasteiger partial charge on any atom is 0.411 e. The normalized spacial score (nSPS) is 14.1. The van der Waals surface area contributed by atoms with E-state index >= 15 is 0 Å². The van der Waals surface area contributed by atoms with E-state index < -0.39 is 6.09 Å². The number of piperidine rings is 1. The van der Waals surface area contributed by atoms with E-state index in [0.29, 0.717) is 23.4 Å². The number of aromatic nitrogens is 2. The Morgan fingerprint density at radius 1 is 1.09 bits per heavy atom. The van der Waals surface area contributed by atoms with E-state index in [4.69, 9.17) is 10.5 Å². The van der Waals surface area contributed by atoms with Crippen LogP contribution in [-0.4, -0.2) is 41.5 Å². The molecule has 0 saturated carbocycles. The van der Waals surface area contributed by atoms with Crippen LogP contribution in [0.3, 0.4) is 0 Å². The molecule has 0 radical (unpaired) electrons. The number of hydrogen-bond donors (Lipinski definition) is 3. The summed E-state index contributed by atoms with van der Waals surface area (Å²) in [6.07, 6.45) is 6.64. The number of nitrogen functional groups attached to an aromatic ring is 1. The number of para-hydroxylation sites is 1. The summed E-state index contributed by atoms with van der Waals surface area (Å²) in [6.45, 7) is 2.11. The molecule has 1 saturated heterocycles. The molecule has 3 heterocycles. The average molecular weight is 470 g/mol. The summed E-state index contributed by atoms with van der Waals surface area (Å²) in [5, 5.41) is 3.72. The van der Waals surface area contributed by atoms with Gasteiger partial charge in [-0.05, 0) is 60.5 Å². The summed E-state index contributed by atoms with van der Waals surface area (Å²) >= 11 is 0. The molecule has 8 heteroatoms. The smallest absolute Gasteiger partial charge is 0.411 e. The third-order valence-electron chi connectivity index (χ3n) is 6.48. The molecule has 178 valence electrons. The number of nitrogens with zero attached hydrogens (tertiary/aromatic N) is 2. The predicted octanol–water partition coefficient (Wildman–Crippen LogP) is 4.84. The zero-order valence-corrected chi connectivity index (χ0v) is 19.2. The molecule has 0 unspecified atom stereocenters. The van der Waals surface area contributed by atoms with E-state index in [9.17, 15) is 9.59 Å².